The number of rotatable bonds is 4. The molecule has 3 heterocycles. The molecule has 0 spiro atoms. The zero-order valence-electron chi connectivity index (χ0n) is 11.9. The molecule has 0 unspecified atom stereocenters. The first-order chi connectivity index (χ1) is 10.4. The van der Waals surface area contributed by atoms with E-state index in [-0.39, 0.29) is 28.7 Å². The van der Waals surface area contributed by atoms with E-state index in [1.807, 2.05) is 11.4 Å². The molecule has 0 saturated carbocycles. The highest BCUT2D eigenvalue weighted by atomic mass is 32.2. The summed E-state index contributed by atoms with van der Waals surface area (Å²) in [5.74, 6) is 0.0355. The van der Waals surface area contributed by atoms with Crippen molar-refractivity contribution in [2.24, 2.45) is 0 Å². The number of nitrogens with one attached hydrogen (secondary N) is 1. The van der Waals surface area contributed by atoms with Crippen molar-refractivity contribution in [2.45, 2.75) is 29.7 Å². The maximum atomic E-state index is 12.2. The maximum absolute atomic E-state index is 12.2. The Morgan fingerprint density at radius 3 is 3.05 bits per heavy atom. The monoisotopic (exact) mass is 357 g/mol. The molecule has 1 aliphatic heterocycles. The van der Waals surface area contributed by atoms with Crippen LogP contribution in [0, 0.1) is 0 Å². The lowest BCUT2D eigenvalue weighted by Crippen LogP contribution is -2.39. The molecule has 22 heavy (non-hydrogen) atoms. The molecule has 2 aromatic rings. The van der Waals surface area contributed by atoms with Gasteiger partial charge < -0.3 is 5.32 Å². The second-order valence-electron chi connectivity index (χ2n) is 5.19. The largest absolute Gasteiger partial charge is 0.351 e. The number of aromatic nitrogens is 2. The van der Waals surface area contributed by atoms with Gasteiger partial charge in [-0.1, -0.05) is 11.8 Å². The number of hydrogen-bond acceptors (Lipinski definition) is 7. The van der Waals surface area contributed by atoms with Crippen molar-refractivity contribution in [1.29, 1.82) is 0 Å². The van der Waals surface area contributed by atoms with E-state index in [4.69, 9.17) is 0 Å². The molecule has 1 fully saturated rings. The van der Waals surface area contributed by atoms with E-state index < -0.39 is 9.84 Å². The Morgan fingerprint density at radius 1 is 1.50 bits per heavy atom. The Morgan fingerprint density at radius 2 is 2.32 bits per heavy atom. The number of thioether (sulfide) groups is 1. The van der Waals surface area contributed by atoms with Gasteiger partial charge in [-0.3, -0.25) is 4.79 Å². The summed E-state index contributed by atoms with van der Waals surface area (Å²) >= 11 is 2.89. The van der Waals surface area contributed by atoms with Crippen molar-refractivity contribution >= 4 is 49.1 Å². The van der Waals surface area contributed by atoms with Crippen molar-refractivity contribution in [3.05, 3.63) is 17.8 Å². The molecule has 2 atom stereocenters. The van der Waals surface area contributed by atoms with Gasteiger partial charge >= 0.3 is 0 Å². The van der Waals surface area contributed by atoms with Gasteiger partial charge in [0.1, 0.15) is 16.2 Å². The third-order valence-corrected chi connectivity index (χ3v) is 7.17. The van der Waals surface area contributed by atoms with E-state index in [1.165, 1.54) is 29.4 Å². The molecule has 0 radical (unpaired) electrons. The highest BCUT2D eigenvalue weighted by Gasteiger charge is 2.30. The minimum atomic E-state index is -2.99. The Kier molecular flexibility index (Phi) is 4.37. The summed E-state index contributed by atoms with van der Waals surface area (Å²) in [4.78, 5) is 21.5. The normalized spacial score (nSPS) is 21.8. The maximum Gasteiger partial charge on any atom is 0.233 e. The van der Waals surface area contributed by atoms with Gasteiger partial charge in [-0.25, -0.2) is 18.4 Å². The molecule has 9 heteroatoms. The molecule has 6 nitrogen and oxygen atoms in total. The number of amides is 1. The molecule has 0 bridgehead atoms. The lowest BCUT2D eigenvalue weighted by Gasteiger charge is -2.15. The van der Waals surface area contributed by atoms with Gasteiger partial charge in [0.15, 0.2) is 9.84 Å². The van der Waals surface area contributed by atoms with Gasteiger partial charge in [0.25, 0.3) is 0 Å². The summed E-state index contributed by atoms with van der Waals surface area (Å²) in [5.41, 5.74) is 0. The van der Waals surface area contributed by atoms with Crippen LogP contribution in [0.25, 0.3) is 10.2 Å². The minimum absolute atomic E-state index is 0.0401. The van der Waals surface area contributed by atoms with Crippen LogP contribution < -0.4 is 5.32 Å². The van der Waals surface area contributed by atoms with Gasteiger partial charge in [-0.05, 0) is 24.8 Å². The van der Waals surface area contributed by atoms with Crippen LogP contribution in [0.15, 0.2) is 22.8 Å². The molecule has 0 aromatic carbocycles. The summed E-state index contributed by atoms with van der Waals surface area (Å²) in [7, 11) is -2.99. The smallest absolute Gasteiger partial charge is 0.233 e. The van der Waals surface area contributed by atoms with Crippen molar-refractivity contribution in [3.63, 3.8) is 0 Å². The van der Waals surface area contributed by atoms with Crippen molar-refractivity contribution in [3.8, 4) is 0 Å². The molecule has 1 amide bonds. The highest BCUT2D eigenvalue weighted by Crippen LogP contribution is 2.30. The lowest BCUT2D eigenvalue weighted by atomic mass is 10.2. The Hall–Kier alpha value is -1.19. The Labute approximate surface area is 136 Å². The average Bonchev–Trinajstić information content (AvgIpc) is 3.05. The summed E-state index contributed by atoms with van der Waals surface area (Å²) in [6.07, 6.45) is 1.99. The second-order valence-corrected chi connectivity index (χ2v) is 9.64. The summed E-state index contributed by atoms with van der Waals surface area (Å²) in [5, 5.41) is 6.13. The van der Waals surface area contributed by atoms with Gasteiger partial charge in [0, 0.05) is 11.4 Å². The van der Waals surface area contributed by atoms with E-state index in [0.29, 0.717) is 6.42 Å². The number of sulfone groups is 1. The molecule has 1 aliphatic rings. The summed E-state index contributed by atoms with van der Waals surface area (Å²) in [6.45, 7) is 1.80. The molecule has 1 N–H and O–H groups in total. The fourth-order valence-electron chi connectivity index (χ4n) is 2.31. The van der Waals surface area contributed by atoms with E-state index in [1.54, 1.807) is 6.92 Å². The van der Waals surface area contributed by atoms with Crippen LogP contribution in [0.2, 0.25) is 0 Å². The van der Waals surface area contributed by atoms with E-state index >= 15 is 0 Å². The first-order valence-electron chi connectivity index (χ1n) is 6.80. The topological polar surface area (TPSA) is 89.0 Å². The van der Waals surface area contributed by atoms with Gasteiger partial charge in [0.05, 0.1) is 16.8 Å². The zero-order chi connectivity index (χ0) is 15.7. The van der Waals surface area contributed by atoms with Crippen LogP contribution in [0.5, 0.6) is 0 Å². The predicted octanol–water partition coefficient (Wildman–Crippen LogP) is 1.48. The summed E-state index contributed by atoms with van der Waals surface area (Å²) in [6, 6.07) is 1.67. The van der Waals surface area contributed by atoms with Gasteiger partial charge in [-0.2, -0.15) is 0 Å². The molecule has 1 saturated heterocycles. The highest BCUT2D eigenvalue weighted by molar-refractivity contribution is 8.00. The molecule has 2 aromatic heterocycles. The number of hydrogen-bond donors (Lipinski definition) is 1. The first kappa shape index (κ1) is 15.7. The first-order valence-corrected chi connectivity index (χ1v) is 10.4. The fraction of sp³-hybridized carbons (Fsp3) is 0.462. The number of carbonyl (C=O) groups excluding carboxylic acids is 1. The SMILES string of the molecule is C[C@@H](Sc1ncnc2sccc12)C(=O)N[C@@H]1CCS(=O)(=O)C1. The number of thiophene rings is 1. The molecular weight excluding hydrogens is 342 g/mol. The van der Waals surface area contributed by atoms with Crippen LogP contribution >= 0.6 is 23.1 Å². The fourth-order valence-corrected chi connectivity index (χ4v) is 5.69. The Balaban J connectivity index is 1.65. The zero-order valence-corrected chi connectivity index (χ0v) is 14.3. The van der Waals surface area contributed by atoms with Crippen molar-refractivity contribution < 1.29 is 13.2 Å². The van der Waals surface area contributed by atoms with Crippen LogP contribution in [0.1, 0.15) is 13.3 Å². The van der Waals surface area contributed by atoms with Gasteiger partial charge in [0.2, 0.25) is 5.91 Å². The summed E-state index contributed by atoms with van der Waals surface area (Å²) < 4.78 is 22.9. The van der Waals surface area contributed by atoms with Crippen LogP contribution in [-0.2, 0) is 14.6 Å². The quantitative estimate of drug-likeness (QED) is 0.658. The lowest BCUT2D eigenvalue weighted by molar-refractivity contribution is -0.120. The third kappa shape index (κ3) is 3.41. The van der Waals surface area contributed by atoms with Crippen molar-refractivity contribution in [1.82, 2.24) is 15.3 Å². The number of nitrogens with zero attached hydrogens (tertiary/aromatic N) is 2. The van der Waals surface area contributed by atoms with Crippen molar-refractivity contribution in [2.75, 3.05) is 11.5 Å². The molecular formula is C13H15N3O3S3. The van der Waals surface area contributed by atoms with E-state index in [9.17, 15) is 13.2 Å². The second kappa shape index (κ2) is 6.13. The number of fused-ring (bicyclic) bond motifs is 1. The average molecular weight is 357 g/mol. The van der Waals surface area contributed by atoms with E-state index in [0.717, 1.165) is 15.2 Å². The third-order valence-electron chi connectivity index (χ3n) is 3.46. The standard InChI is InChI=1S/C13H15N3O3S3/c1-8(11(17)16-9-3-5-22(18,19)6-9)21-13-10-2-4-20-12(10)14-7-15-13/h2,4,7-9H,3,5-6H2,1H3,(H,16,17)/t8-,9-/m1/s1. The minimum Gasteiger partial charge on any atom is -0.351 e. The Bertz CT molecular complexity index is 803. The van der Waals surface area contributed by atoms with E-state index in [2.05, 4.69) is 15.3 Å². The number of carbonyl (C=O) groups is 1. The van der Waals surface area contributed by atoms with Crippen LogP contribution in [0.3, 0.4) is 0 Å². The van der Waals surface area contributed by atoms with Crippen LogP contribution in [0.4, 0.5) is 0 Å². The molecule has 0 aliphatic carbocycles. The van der Waals surface area contributed by atoms with Gasteiger partial charge in [-0.15, -0.1) is 11.3 Å². The molecule has 118 valence electrons. The predicted molar refractivity (Wildman–Crippen MR) is 87.9 cm³/mol. The van der Waals surface area contributed by atoms with Crippen LogP contribution in [-0.4, -0.2) is 47.1 Å². The molecule has 3 rings (SSSR count).